The fraction of sp³-hybridized carbons (Fsp3) is 0.267. The highest BCUT2D eigenvalue weighted by Crippen LogP contribution is 2.21. The van der Waals surface area contributed by atoms with Crippen molar-refractivity contribution in [3.63, 3.8) is 0 Å². The summed E-state index contributed by atoms with van der Waals surface area (Å²) in [5.41, 5.74) is 2.98. The number of pyridine rings is 1. The van der Waals surface area contributed by atoms with Crippen molar-refractivity contribution < 1.29 is 4.74 Å². The van der Waals surface area contributed by atoms with Crippen LogP contribution >= 0.6 is 15.9 Å². The minimum atomic E-state index is 0.0606. The molecule has 0 amide bonds. The predicted octanol–water partition coefficient (Wildman–Crippen LogP) is 3.25. The van der Waals surface area contributed by atoms with Crippen LogP contribution in [0.5, 0.6) is 0 Å². The lowest BCUT2D eigenvalue weighted by atomic mass is 10.2. The Balaban J connectivity index is 1.67. The van der Waals surface area contributed by atoms with Crippen LogP contribution in [0.4, 0.5) is 11.4 Å². The largest absolute Gasteiger partial charge is 0.369 e. The first-order valence-electron chi connectivity index (χ1n) is 6.62. The molecule has 0 bridgehead atoms. The second-order valence-electron chi connectivity index (χ2n) is 4.67. The minimum Gasteiger partial charge on any atom is -0.369 e. The molecule has 104 valence electrons. The van der Waals surface area contributed by atoms with E-state index < -0.39 is 0 Å². The van der Waals surface area contributed by atoms with E-state index in [0.29, 0.717) is 0 Å². The Bertz CT molecular complexity index is 550. The van der Waals surface area contributed by atoms with Crippen LogP contribution < -0.4 is 10.6 Å². The monoisotopic (exact) mass is 333 g/mol. The molecular formula is C15H16BrN3O. The minimum absolute atomic E-state index is 0.0606. The van der Waals surface area contributed by atoms with E-state index >= 15 is 0 Å². The highest BCUT2D eigenvalue weighted by molar-refractivity contribution is 9.10. The number of anilines is 2. The molecule has 1 fully saturated rings. The standard InChI is InChI=1S/C15H16BrN3O/c16-11-1-3-12(4-2-11)19-13-5-6-14(18-9-13)15-10-17-7-8-20-15/h1-6,9,15,17,19H,7-8,10H2/t15-/m0/s1. The third kappa shape index (κ3) is 3.36. The summed E-state index contributed by atoms with van der Waals surface area (Å²) < 4.78 is 6.75. The van der Waals surface area contributed by atoms with Gasteiger partial charge >= 0.3 is 0 Å². The van der Waals surface area contributed by atoms with E-state index in [2.05, 4.69) is 31.5 Å². The average Bonchev–Trinajstić information content (AvgIpc) is 2.51. The molecule has 1 saturated heterocycles. The smallest absolute Gasteiger partial charge is 0.112 e. The Labute approximate surface area is 126 Å². The molecule has 0 spiro atoms. The molecule has 20 heavy (non-hydrogen) atoms. The molecule has 2 aromatic rings. The second-order valence-corrected chi connectivity index (χ2v) is 5.58. The van der Waals surface area contributed by atoms with Crippen LogP contribution in [-0.4, -0.2) is 24.7 Å². The zero-order chi connectivity index (χ0) is 13.8. The summed E-state index contributed by atoms with van der Waals surface area (Å²) in [6.45, 7) is 2.48. The van der Waals surface area contributed by atoms with Gasteiger partial charge in [-0.3, -0.25) is 4.98 Å². The SMILES string of the molecule is Brc1ccc(Nc2ccc([C@@H]3CNCCO3)nc2)cc1. The molecule has 3 rings (SSSR count). The maximum atomic E-state index is 5.68. The predicted molar refractivity (Wildman–Crippen MR) is 83.2 cm³/mol. The molecule has 1 atom stereocenters. The fourth-order valence-corrected chi connectivity index (χ4v) is 2.39. The molecule has 2 heterocycles. The maximum Gasteiger partial charge on any atom is 0.112 e. The van der Waals surface area contributed by atoms with Crippen molar-refractivity contribution in [3.05, 3.63) is 52.8 Å². The van der Waals surface area contributed by atoms with Crippen molar-refractivity contribution in [3.8, 4) is 0 Å². The Hall–Kier alpha value is -1.43. The maximum absolute atomic E-state index is 5.68. The van der Waals surface area contributed by atoms with Gasteiger partial charge in [-0.1, -0.05) is 15.9 Å². The lowest BCUT2D eigenvalue weighted by Gasteiger charge is -2.23. The van der Waals surface area contributed by atoms with Gasteiger partial charge in [-0.25, -0.2) is 0 Å². The van der Waals surface area contributed by atoms with Gasteiger partial charge in [0.15, 0.2) is 0 Å². The molecule has 0 saturated carbocycles. The van der Waals surface area contributed by atoms with Crippen molar-refractivity contribution in [1.29, 1.82) is 0 Å². The van der Waals surface area contributed by atoms with Gasteiger partial charge in [-0.05, 0) is 36.4 Å². The van der Waals surface area contributed by atoms with Gasteiger partial charge in [-0.2, -0.15) is 0 Å². The summed E-state index contributed by atoms with van der Waals surface area (Å²) >= 11 is 3.42. The van der Waals surface area contributed by atoms with E-state index in [1.807, 2.05) is 42.6 Å². The number of hydrogen-bond acceptors (Lipinski definition) is 4. The normalized spacial score (nSPS) is 18.8. The van der Waals surface area contributed by atoms with E-state index in [-0.39, 0.29) is 6.10 Å². The average molecular weight is 334 g/mol. The Morgan fingerprint density at radius 2 is 1.95 bits per heavy atom. The number of hydrogen-bond donors (Lipinski definition) is 2. The summed E-state index contributed by atoms with van der Waals surface area (Å²) in [5.74, 6) is 0. The number of rotatable bonds is 3. The molecule has 2 N–H and O–H groups in total. The molecule has 0 radical (unpaired) electrons. The lowest BCUT2D eigenvalue weighted by molar-refractivity contribution is 0.0250. The van der Waals surface area contributed by atoms with Crippen LogP contribution in [0.15, 0.2) is 47.1 Å². The van der Waals surface area contributed by atoms with Crippen molar-refractivity contribution >= 4 is 27.3 Å². The summed E-state index contributed by atoms with van der Waals surface area (Å²) in [5, 5.41) is 6.63. The second kappa shape index (κ2) is 6.35. The van der Waals surface area contributed by atoms with Crippen LogP contribution in [0.25, 0.3) is 0 Å². The summed E-state index contributed by atoms with van der Waals surface area (Å²) in [4.78, 5) is 4.48. The third-order valence-electron chi connectivity index (χ3n) is 3.18. The summed E-state index contributed by atoms with van der Waals surface area (Å²) in [6.07, 6.45) is 1.90. The van der Waals surface area contributed by atoms with E-state index in [4.69, 9.17) is 4.74 Å². The first-order chi connectivity index (χ1) is 9.81. The van der Waals surface area contributed by atoms with Crippen LogP contribution in [0.1, 0.15) is 11.8 Å². The number of nitrogens with one attached hydrogen (secondary N) is 2. The topological polar surface area (TPSA) is 46.2 Å². The summed E-state index contributed by atoms with van der Waals surface area (Å²) in [6, 6.07) is 12.1. The molecule has 5 heteroatoms. The summed E-state index contributed by atoms with van der Waals surface area (Å²) in [7, 11) is 0. The van der Waals surface area contributed by atoms with Crippen molar-refractivity contribution in [1.82, 2.24) is 10.3 Å². The van der Waals surface area contributed by atoms with Crippen LogP contribution in [0.3, 0.4) is 0 Å². The van der Waals surface area contributed by atoms with E-state index in [1.165, 1.54) is 0 Å². The first kappa shape index (κ1) is 13.5. The Kier molecular flexibility index (Phi) is 4.30. The van der Waals surface area contributed by atoms with Crippen LogP contribution in [-0.2, 0) is 4.74 Å². The zero-order valence-electron chi connectivity index (χ0n) is 11.0. The quantitative estimate of drug-likeness (QED) is 0.905. The number of aromatic nitrogens is 1. The first-order valence-corrected chi connectivity index (χ1v) is 7.41. The van der Waals surface area contributed by atoms with Gasteiger partial charge in [0.2, 0.25) is 0 Å². The van der Waals surface area contributed by atoms with Gasteiger partial charge < -0.3 is 15.4 Å². The number of halogens is 1. The highest BCUT2D eigenvalue weighted by Gasteiger charge is 2.16. The third-order valence-corrected chi connectivity index (χ3v) is 3.71. The lowest BCUT2D eigenvalue weighted by Crippen LogP contribution is -2.33. The molecule has 1 aliphatic heterocycles. The molecule has 4 nitrogen and oxygen atoms in total. The van der Waals surface area contributed by atoms with Gasteiger partial charge in [0.1, 0.15) is 6.10 Å². The highest BCUT2D eigenvalue weighted by atomic mass is 79.9. The van der Waals surface area contributed by atoms with Crippen molar-refractivity contribution in [2.24, 2.45) is 0 Å². The molecule has 1 aliphatic rings. The van der Waals surface area contributed by atoms with E-state index in [9.17, 15) is 0 Å². The van der Waals surface area contributed by atoms with Gasteiger partial charge in [-0.15, -0.1) is 0 Å². The van der Waals surface area contributed by atoms with Crippen molar-refractivity contribution in [2.45, 2.75) is 6.10 Å². The zero-order valence-corrected chi connectivity index (χ0v) is 12.6. The van der Waals surface area contributed by atoms with Gasteiger partial charge in [0, 0.05) is 23.2 Å². The number of morpholine rings is 1. The Morgan fingerprint density at radius 1 is 1.15 bits per heavy atom. The van der Waals surface area contributed by atoms with Crippen molar-refractivity contribution in [2.75, 3.05) is 25.0 Å². The molecule has 1 aromatic heterocycles. The molecule has 0 aliphatic carbocycles. The fourth-order valence-electron chi connectivity index (χ4n) is 2.12. The molecule has 0 unspecified atom stereocenters. The van der Waals surface area contributed by atoms with Gasteiger partial charge in [0.25, 0.3) is 0 Å². The van der Waals surface area contributed by atoms with Crippen LogP contribution in [0.2, 0.25) is 0 Å². The molecule has 1 aromatic carbocycles. The van der Waals surface area contributed by atoms with Crippen LogP contribution in [0, 0.1) is 0 Å². The number of ether oxygens (including phenoxy) is 1. The number of nitrogens with zero attached hydrogens (tertiary/aromatic N) is 1. The van der Waals surface area contributed by atoms with Gasteiger partial charge in [0.05, 0.1) is 24.2 Å². The molecular weight excluding hydrogens is 318 g/mol. The Morgan fingerprint density at radius 3 is 2.60 bits per heavy atom. The number of benzene rings is 1. The van der Waals surface area contributed by atoms with E-state index in [1.54, 1.807) is 0 Å². The van der Waals surface area contributed by atoms with E-state index in [0.717, 1.165) is 41.2 Å².